The number of amides is 2. The number of aryl methyl sites for hydroxylation is 1. The van der Waals surface area contributed by atoms with Crippen LogP contribution in [-0.2, 0) is 17.7 Å². The number of hydrogen-bond acceptors (Lipinski definition) is 3. The van der Waals surface area contributed by atoms with Gasteiger partial charge in [0.25, 0.3) is 0 Å². The van der Waals surface area contributed by atoms with Crippen LogP contribution in [0.15, 0.2) is 41.8 Å². The lowest BCUT2D eigenvalue weighted by Gasteiger charge is -2.31. The number of ether oxygens (including phenoxy) is 1. The van der Waals surface area contributed by atoms with E-state index in [4.69, 9.17) is 4.74 Å². The summed E-state index contributed by atoms with van der Waals surface area (Å²) in [6.45, 7) is 2.13. The average molecular weight is 371 g/mol. The molecule has 1 aliphatic carbocycles. The topological polar surface area (TPSA) is 41.6 Å². The molecule has 1 aliphatic heterocycles. The molecular formula is C21H26N2O2S. The van der Waals surface area contributed by atoms with Crippen molar-refractivity contribution in [2.24, 2.45) is 0 Å². The molecule has 2 heterocycles. The van der Waals surface area contributed by atoms with E-state index >= 15 is 0 Å². The second-order valence-electron chi connectivity index (χ2n) is 7.19. The number of fused-ring (bicyclic) bond motifs is 1. The van der Waals surface area contributed by atoms with E-state index in [-0.39, 0.29) is 18.2 Å². The summed E-state index contributed by atoms with van der Waals surface area (Å²) in [4.78, 5) is 16.2. The summed E-state index contributed by atoms with van der Waals surface area (Å²) in [5, 5.41) is 5.36. The van der Waals surface area contributed by atoms with Crippen molar-refractivity contribution in [3.05, 3.63) is 57.8 Å². The Labute approximate surface area is 159 Å². The van der Waals surface area contributed by atoms with Crippen molar-refractivity contribution in [2.75, 3.05) is 13.2 Å². The van der Waals surface area contributed by atoms with E-state index in [2.05, 4.69) is 41.0 Å². The molecular weight excluding hydrogens is 344 g/mol. The van der Waals surface area contributed by atoms with Crippen LogP contribution in [0.2, 0.25) is 0 Å². The zero-order valence-electron chi connectivity index (χ0n) is 15.0. The Morgan fingerprint density at radius 3 is 2.92 bits per heavy atom. The van der Waals surface area contributed by atoms with E-state index in [9.17, 15) is 4.79 Å². The first-order chi connectivity index (χ1) is 12.8. The van der Waals surface area contributed by atoms with Crippen LogP contribution in [0.4, 0.5) is 4.79 Å². The summed E-state index contributed by atoms with van der Waals surface area (Å²) in [5.41, 5.74) is 2.65. The van der Waals surface area contributed by atoms with Gasteiger partial charge < -0.3 is 15.0 Å². The number of nitrogens with zero attached hydrogens (tertiary/aromatic N) is 1. The Bertz CT molecular complexity index is 725. The molecule has 2 aliphatic rings. The molecule has 4 nitrogen and oxygen atoms in total. The molecule has 4 rings (SSSR count). The molecule has 1 aromatic heterocycles. The smallest absolute Gasteiger partial charge is 0.318 e. The summed E-state index contributed by atoms with van der Waals surface area (Å²) < 4.78 is 5.78. The van der Waals surface area contributed by atoms with Crippen molar-refractivity contribution >= 4 is 17.4 Å². The Morgan fingerprint density at radius 1 is 1.19 bits per heavy atom. The van der Waals surface area contributed by atoms with Crippen molar-refractivity contribution in [1.82, 2.24) is 10.2 Å². The molecule has 1 saturated heterocycles. The van der Waals surface area contributed by atoms with E-state index < -0.39 is 0 Å². The standard InChI is InChI=1S/C21H26N2O2S/c24-21(22-20-11-3-7-16-6-1-2-10-19(16)20)23(14-17-8-4-12-25-17)15-18-9-5-13-26-18/h1-2,5-6,9-10,13,17,20H,3-4,7-8,11-12,14-15H2,(H,22,24). The van der Waals surface area contributed by atoms with Crippen molar-refractivity contribution in [3.63, 3.8) is 0 Å². The molecule has 1 aromatic carbocycles. The predicted octanol–water partition coefficient (Wildman–Crippen LogP) is 4.52. The van der Waals surface area contributed by atoms with Crippen LogP contribution in [0.25, 0.3) is 0 Å². The zero-order valence-corrected chi connectivity index (χ0v) is 15.8. The molecule has 138 valence electrons. The van der Waals surface area contributed by atoms with Gasteiger partial charge in [0.2, 0.25) is 0 Å². The zero-order chi connectivity index (χ0) is 17.8. The third-order valence-electron chi connectivity index (χ3n) is 5.33. The highest BCUT2D eigenvalue weighted by Gasteiger charge is 2.27. The third kappa shape index (κ3) is 4.10. The number of rotatable bonds is 5. The van der Waals surface area contributed by atoms with E-state index in [1.54, 1.807) is 11.3 Å². The quantitative estimate of drug-likeness (QED) is 0.841. The third-order valence-corrected chi connectivity index (χ3v) is 6.19. The molecule has 0 radical (unpaired) electrons. The van der Waals surface area contributed by atoms with Gasteiger partial charge in [-0.2, -0.15) is 0 Å². The number of nitrogens with one attached hydrogen (secondary N) is 1. The van der Waals surface area contributed by atoms with Crippen molar-refractivity contribution in [1.29, 1.82) is 0 Å². The van der Waals surface area contributed by atoms with Gasteiger partial charge >= 0.3 is 6.03 Å². The summed E-state index contributed by atoms with van der Waals surface area (Å²) in [6, 6.07) is 12.8. The first-order valence-electron chi connectivity index (χ1n) is 9.57. The Hall–Kier alpha value is -1.85. The number of carbonyl (C=O) groups excluding carboxylic acids is 1. The number of carbonyl (C=O) groups is 1. The maximum atomic E-state index is 13.1. The summed E-state index contributed by atoms with van der Waals surface area (Å²) in [5.74, 6) is 0. The largest absolute Gasteiger partial charge is 0.376 e. The van der Waals surface area contributed by atoms with Crippen molar-refractivity contribution < 1.29 is 9.53 Å². The first-order valence-corrected chi connectivity index (χ1v) is 10.4. The van der Waals surface area contributed by atoms with Gasteiger partial charge in [0.1, 0.15) is 0 Å². The van der Waals surface area contributed by atoms with Gasteiger partial charge in [0, 0.05) is 18.0 Å². The van der Waals surface area contributed by atoms with Crippen molar-refractivity contribution in [2.45, 2.75) is 50.8 Å². The Morgan fingerprint density at radius 2 is 2.12 bits per heavy atom. The van der Waals surface area contributed by atoms with Gasteiger partial charge in [0.15, 0.2) is 0 Å². The van der Waals surface area contributed by atoms with E-state index in [0.29, 0.717) is 13.1 Å². The van der Waals surface area contributed by atoms with Crippen LogP contribution >= 0.6 is 11.3 Å². The lowest BCUT2D eigenvalue weighted by atomic mass is 9.88. The van der Waals surface area contributed by atoms with Gasteiger partial charge in [-0.15, -0.1) is 11.3 Å². The Kier molecular flexibility index (Phi) is 5.56. The fourth-order valence-corrected chi connectivity index (χ4v) is 4.71. The van der Waals surface area contributed by atoms with Crippen LogP contribution in [0.3, 0.4) is 0 Å². The minimum Gasteiger partial charge on any atom is -0.376 e. The van der Waals surface area contributed by atoms with Gasteiger partial charge in [0.05, 0.1) is 18.7 Å². The van der Waals surface area contributed by atoms with E-state index in [1.165, 1.54) is 16.0 Å². The van der Waals surface area contributed by atoms with Crippen molar-refractivity contribution in [3.8, 4) is 0 Å². The van der Waals surface area contributed by atoms with Gasteiger partial charge in [-0.3, -0.25) is 0 Å². The highest BCUT2D eigenvalue weighted by Crippen LogP contribution is 2.29. The summed E-state index contributed by atoms with van der Waals surface area (Å²) in [7, 11) is 0. The summed E-state index contributed by atoms with van der Waals surface area (Å²) >= 11 is 1.70. The number of urea groups is 1. The number of benzene rings is 1. The molecule has 2 amide bonds. The fraction of sp³-hybridized carbons (Fsp3) is 0.476. The Balaban J connectivity index is 1.47. The number of hydrogen-bond donors (Lipinski definition) is 1. The minimum absolute atomic E-state index is 0.0237. The number of thiophene rings is 1. The molecule has 1 fully saturated rings. The monoisotopic (exact) mass is 370 g/mol. The van der Waals surface area contributed by atoms with Gasteiger partial charge in [-0.1, -0.05) is 30.3 Å². The van der Waals surface area contributed by atoms with Crippen LogP contribution < -0.4 is 5.32 Å². The molecule has 2 aromatic rings. The molecule has 0 spiro atoms. The van der Waals surface area contributed by atoms with E-state index in [1.807, 2.05) is 11.0 Å². The highest BCUT2D eigenvalue weighted by atomic mass is 32.1. The van der Waals surface area contributed by atoms with Crippen LogP contribution in [0, 0.1) is 0 Å². The minimum atomic E-state index is 0.0237. The summed E-state index contributed by atoms with van der Waals surface area (Å²) in [6.07, 6.45) is 5.54. The second-order valence-corrected chi connectivity index (χ2v) is 8.22. The average Bonchev–Trinajstić information content (AvgIpc) is 3.35. The highest BCUT2D eigenvalue weighted by molar-refractivity contribution is 7.09. The molecule has 0 bridgehead atoms. The van der Waals surface area contributed by atoms with Crippen LogP contribution in [-0.4, -0.2) is 30.2 Å². The van der Waals surface area contributed by atoms with E-state index in [0.717, 1.165) is 38.7 Å². The van der Waals surface area contributed by atoms with Crippen LogP contribution in [0.1, 0.15) is 47.7 Å². The molecule has 0 saturated carbocycles. The molecule has 2 unspecified atom stereocenters. The maximum absolute atomic E-state index is 13.1. The molecule has 2 atom stereocenters. The normalized spacial score (nSPS) is 22.0. The second kappa shape index (κ2) is 8.23. The molecule has 1 N–H and O–H groups in total. The lowest BCUT2D eigenvalue weighted by Crippen LogP contribution is -2.45. The first kappa shape index (κ1) is 17.6. The molecule has 5 heteroatoms. The molecule has 26 heavy (non-hydrogen) atoms. The fourth-order valence-electron chi connectivity index (χ4n) is 3.99. The van der Waals surface area contributed by atoms with Crippen LogP contribution in [0.5, 0.6) is 0 Å². The SMILES string of the molecule is O=C(NC1CCCc2ccccc21)N(Cc1cccs1)CC1CCCO1. The lowest BCUT2D eigenvalue weighted by molar-refractivity contribution is 0.0790. The maximum Gasteiger partial charge on any atom is 0.318 e. The van der Waals surface area contributed by atoms with Gasteiger partial charge in [-0.05, 0) is 54.7 Å². The van der Waals surface area contributed by atoms with Gasteiger partial charge in [-0.25, -0.2) is 4.79 Å². The predicted molar refractivity (Wildman–Crippen MR) is 104 cm³/mol.